The molecule has 25 heavy (non-hydrogen) atoms. The number of aromatic hydroxyl groups is 2. The first kappa shape index (κ1) is 17.6. The third kappa shape index (κ3) is 3.30. The van der Waals surface area contributed by atoms with Crippen molar-refractivity contribution in [1.82, 2.24) is 0 Å². The van der Waals surface area contributed by atoms with Gasteiger partial charge in [0.05, 0.1) is 0 Å². The van der Waals surface area contributed by atoms with Crippen LogP contribution >= 0.6 is 0 Å². The van der Waals surface area contributed by atoms with Crippen molar-refractivity contribution in [2.75, 3.05) is 0 Å². The summed E-state index contributed by atoms with van der Waals surface area (Å²) < 4.78 is 0. The molecular weight excluding hydrogens is 308 g/mol. The van der Waals surface area contributed by atoms with Gasteiger partial charge in [0.1, 0.15) is 11.5 Å². The fourth-order valence-electron chi connectivity index (χ4n) is 4.32. The van der Waals surface area contributed by atoms with E-state index in [1.165, 1.54) is 5.57 Å². The number of rotatable bonds is 3. The monoisotopic (exact) mass is 336 g/mol. The van der Waals surface area contributed by atoms with E-state index >= 15 is 0 Å². The lowest BCUT2D eigenvalue weighted by atomic mass is 9.76. The van der Waals surface area contributed by atoms with E-state index in [0.717, 1.165) is 46.2 Å². The van der Waals surface area contributed by atoms with E-state index in [2.05, 4.69) is 39.0 Å². The van der Waals surface area contributed by atoms with Crippen LogP contribution in [-0.4, -0.2) is 10.2 Å². The summed E-state index contributed by atoms with van der Waals surface area (Å²) in [5, 5.41) is 21.6. The molecular formula is C23H28O2. The third-order valence-corrected chi connectivity index (χ3v) is 5.44. The molecule has 0 amide bonds. The highest BCUT2D eigenvalue weighted by molar-refractivity contribution is 5.54. The summed E-state index contributed by atoms with van der Waals surface area (Å²) in [5.41, 5.74) is 7.33. The van der Waals surface area contributed by atoms with E-state index < -0.39 is 0 Å². The Morgan fingerprint density at radius 3 is 1.68 bits per heavy atom. The summed E-state index contributed by atoms with van der Waals surface area (Å²) in [6.07, 6.45) is 4.27. The highest BCUT2D eigenvalue weighted by Crippen LogP contribution is 2.48. The van der Waals surface area contributed by atoms with E-state index in [1.54, 1.807) is 0 Å². The topological polar surface area (TPSA) is 40.5 Å². The lowest BCUT2D eigenvalue weighted by Crippen LogP contribution is -2.14. The zero-order valence-corrected chi connectivity index (χ0v) is 15.9. The smallest absolute Gasteiger partial charge is 0.122 e. The second-order valence-corrected chi connectivity index (χ2v) is 7.77. The van der Waals surface area contributed by atoms with Gasteiger partial charge in [0.15, 0.2) is 0 Å². The fraction of sp³-hybridized carbons (Fsp3) is 0.391. The van der Waals surface area contributed by atoms with Crippen molar-refractivity contribution in [3.8, 4) is 11.5 Å². The molecule has 1 unspecified atom stereocenters. The van der Waals surface area contributed by atoms with Gasteiger partial charge in [0, 0.05) is 17.0 Å². The largest absolute Gasteiger partial charge is 0.507 e. The van der Waals surface area contributed by atoms with Gasteiger partial charge in [0.25, 0.3) is 0 Å². The van der Waals surface area contributed by atoms with Gasteiger partial charge in [-0.15, -0.1) is 0 Å². The molecule has 0 heterocycles. The van der Waals surface area contributed by atoms with Gasteiger partial charge in [-0.2, -0.15) is 0 Å². The second kappa shape index (κ2) is 6.59. The Bertz CT molecular complexity index is 788. The molecule has 1 aliphatic carbocycles. The van der Waals surface area contributed by atoms with Gasteiger partial charge in [-0.05, 0) is 64.5 Å². The molecule has 0 saturated carbocycles. The van der Waals surface area contributed by atoms with Crippen LogP contribution < -0.4 is 0 Å². The molecule has 0 fully saturated rings. The van der Waals surface area contributed by atoms with Gasteiger partial charge in [-0.25, -0.2) is 0 Å². The third-order valence-electron chi connectivity index (χ3n) is 5.44. The lowest BCUT2D eigenvalue weighted by molar-refractivity contribution is 0.416. The number of phenolic OH excluding ortho intramolecular Hbond substituents is 2. The molecule has 0 bridgehead atoms. The van der Waals surface area contributed by atoms with Crippen molar-refractivity contribution >= 4 is 0 Å². The predicted octanol–water partition coefficient (Wildman–Crippen LogP) is 5.82. The second-order valence-electron chi connectivity index (χ2n) is 7.77. The Morgan fingerprint density at radius 1 is 0.800 bits per heavy atom. The molecule has 0 spiro atoms. The van der Waals surface area contributed by atoms with Crippen LogP contribution in [-0.2, 0) is 0 Å². The van der Waals surface area contributed by atoms with Crippen molar-refractivity contribution in [3.63, 3.8) is 0 Å². The number of benzene rings is 2. The molecule has 132 valence electrons. The Hall–Kier alpha value is -2.22. The van der Waals surface area contributed by atoms with E-state index in [-0.39, 0.29) is 5.92 Å². The Balaban J connectivity index is 2.22. The van der Waals surface area contributed by atoms with E-state index in [0.29, 0.717) is 17.4 Å². The number of hydrogen-bond acceptors (Lipinski definition) is 2. The molecule has 2 aromatic carbocycles. The van der Waals surface area contributed by atoms with Crippen LogP contribution in [0.25, 0.3) is 0 Å². The maximum atomic E-state index is 10.8. The van der Waals surface area contributed by atoms with Crippen molar-refractivity contribution in [2.45, 2.75) is 53.4 Å². The average Bonchev–Trinajstić information content (AvgIpc) is 2.95. The first-order chi connectivity index (χ1) is 11.8. The molecule has 0 radical (unpaired) electrons. The molecule has 0 saturated heterocycles. The molecule has 0 aliphatic heterocycles. The zero-order chi connectivity index (χ0) is 18.3. The molecule has 2 aromatic rings. The normalized spacial score (nSPS) is 17.2. The van der Waals surface area contributed by atoms with Crippen LogP contribution in [0.1, 0.15) is 59.1 Å². The summed E-state index contributed by atoms with van der Waals surface area (Å²) in [6.45, 7) is 10.2. The molecule has 3 rings (SSSR count). The Labute approximate surface area is 150 Å². The average molecular weight is 336 g/mol. The zero-order valence-electron chi connectivity index (χ0n) is 15.9. The van der Waals surface area contributed by atoms with Crippen molar-refractivity contribution in [1.29, 1.82) is 0 Å². The number of aryl methyl sites for hydroxylation is 4. The van der Waals surface area contributed by atoms with Crippen LogP contribution in [0.2, 0.25) is 0 Å². The van der Waals surface area contributed by atoms with Gasteiger partial charge in [0.2, 0.25) is 0 Å². The molecule has 1 aliphatic rings. The predicted molar refractivity (Wildman–Crippen MR) is 103 cm³/mol. The molecule has 2 heteroatoms. The quantitative estimate of drug-likeness (QED) is 0.693. The van der Waals surface area contributed by atoms with Crippen molar-refractivity contribution in [2.24, 2.45) is 5.92 Å². The first-order valence-electron chi connectivity index (χ1n) is 9.03. The summed E-state index contributed by atoms with van der Waals surface area (Å²) in [4.78, 5) is 0. The van der Waals surface area contributed by atoms with Gasteiger partial charge in [-0.1, -0.05) is 47.0 Å². The van der Waals surface area contributed by atoms with Gasteiger partial charge in [-0.3, -0.25) is 0 Å². The molecule has 2 N–H and O–H groups in total. The highest BCUT2D eigenvalue weighted by Gasteiger charge is 2.32. The number of allylic oxidation sites excluding steroid dienone is 2. The summed E-state index contributed by atoms with van der Waals surface area (Å²) in [5.74, 6) is 1.07. The van der Waals surface area contributed by atoms with E-state index in [4.69, 9.17) is 0 Å². The molecule has 1 atom stereocenters. The summed E-state index contributed by atoms with van der Waals surface area (Å²) in [7, 11) is 0. The van der Waals surface area contributed by atoms with Crippen LogP contribution in [0.5, 0.6) is 11.5 Å². The highest BCUT2D eigenvalue weighted by atomic mass is 16.3. The number of phenols is 2. The summed E-state index contributed by atoms with van der Waals surface area (Å²) >= 11 is 0. The van der Waals surface area contributed by atoms with Gasteiger partial charge >= 0.3 is 0 Å². The van der Waals surface area contributed by atoms with E-state index in [9.17, 15) is 10.2 Å². The van der Waals surface area contributed by atoms with Crippen LogP contribution in [0.4, 0.5) is 0 Å². The van der Waals surface area contributed by atoms with Crippen molar-refractivity contribution < 1.29 is 10.2 Å². The minimum atomic E-state index is -0.00843. The van der Waals surface area contributed by atoms with Gasteiger partial charge < -0.3 is 10.2 Å². The standard InChI is InChI=1S/C23H28O2/c1-13-6-7-18(10-13)21(19-11-14(2)8-16(4)22(19)24)20-12-15(3)9-17(5)23(20)25/h6,8-9,11-12,18,21,24-25H,7,10H2,1-5H3. The van der Waals surface area contributed by atoms with Crippen LogP contribution in [0, 0.1) is 33.6 Å². The summed E-state index contributed by atoms with van der Waals surface area (Å²) in [6, 6.07) is 8.18. The Kier molecular flexibility index (Phi) is 4.64. The first-order valence-corrected chi connectivity index (χ1v) is 9.03. The Morgan fingerprint density at radius 2 is 1.28 bits per heavy atom. The maximum Gasteiger partial charge on any atom is 0.122 e. The molecule has 0 aromatic heterocycles. The van der Waals surface area contributed by atoms with Crippen molar-refractivity contribution in [3.05, 3.63) is 69.3 Å². The SMILES string of the molecule is CC1=CCC(C(c2cc(C)cc(C)c2O)c2cc(C)cc(C)c2O)C1. The number of hydrogen-bond donors (Lipinski definition) is 2. The lowest BCUT2D eigenvalue weighted by Gasteiger charge is -2.28. The minimum absolute atomic E-state index is 0.00843. The fourth-order valence-corrected chi connectivity index (χ4v) is 4.32. The van der Waals surface area contributed by atoms with E-state index in [1.807, 2.05) is 26.0 Å². The minimum Gasteiger partial charge on any atom is -0.507 e. The maximum absolute atomic E-state index is 10.8. The van der Waals surface area contributed by atoms with Crippen LogP contribution in [0.15, 0.2) is 35.9 Å². The molecule has 2 nitrogen and oxygen atoms in total. The van der Waals surface area contributed by atoms with Crippen LogP contribution in [0.3, 0.4) is 0 Å².